The molecule has 1 heterocycles. The fraction of sp³-hybridized carbons (Fsp3) is 0.158. The first-order valence-electron chi connectivity index (χ1n) is 7.68. The Kier molecular flexibility index (Phi) is 5.00. The van der Waals surface area contributed by atoms with Crippen molar-refractivity contribution >= 4 is 22.9 Å². The minimum atomic E-state index is -0.219. The number of anilines is 1. The lowest BCUT2D eigenvalue weighted by molar-refractivity contribution is 0.102. The number of nitrogens with zero attached hydrogens (tertiary/aromatic N) is 1. The van der Waals surface area contributed by atoms with Gasteiger partial charge in [-0.3, -0.25) is 4.79 Å². The number of amides is 1. The Bertz CT molecular complexity index is 891. The van der Waals surface area contributed by atoms with E-state index in [0.29, 0.717) is 27.8 Å². The molecule has 1 aromatic heterocycles. The van der Waals surface area contributed by atoms with E-state index < -0.39 is 0 Å². The Morgan fingerprint density at radius 3 is 2.52 bits per heavy atom. The van der Waals surface area contributed by atoms with Crippen molar-refractivity contribution in [2.24, 2.45) is 0 Å². The number of aromatic nitrogens is 1. The van der Waals surface area contributed by atoms with Crippen LogP contribution in [0.15, 0.2) is 48.5 Å². The molecule has 2 aromatic carbocycles. The number of thiazole rings is 1. The molecule has 1 amide bonds. The molecular weight excluding hydrogens is 336 g/mol. The lowest BCUT2D eigenvalue weighted by Gasteiger charge is -2.11. The molecule has 0 bridgehead atoms. The summed E-state index contributed by atoms with van der Waals surface area (Å²) < 4.78 is 10.5. The highest BCUT2D eigenvalue weighted by atomic mass is 32.1. The minimum Gasteiger partial charge on any atom is -0.497 e. The molecule has 128 valence electrons. The summed E-state index contributed by atoms with van der Waals surface area (Å²) in [5.41, 5.74) is 2.25. The summed E-state index contributed by atoms with van der Waals surface area (Å²) in [6, 6.07) is 15.1. The molecule has 0 aliphatic carbocycles. The van der Waals surface area contributed by atoms with Crippen LogP contribution in [-0.2, 0) is 0 Å². The molecule has 3 aromatic rings. The zero-order valence-corrected chi connectivity index (χ0v) is 15.0. The maximum atomic E-state index is 12.7. The second-order valence-electron chi connectivity index (χ2n) is 5.32. The predicted octanol–water partition coefficient (Wildman–Crippen LogP) is 4.39. The van der Waals surface area contributed by atoms with Crippen molar-refractivity contribution in [3.05, 3.63) is 59.1 Å². The summed E-state index contributed by atoms with van der Waals surface area (Å²) in [4.78, 5) is 17.8. The first kappa shape index (κ1) is 17.0. The third-order valence-electron chi connectivity index (χ3n) is 3.68. The van der Waals surface area contributed by atoms with Gasteiger partial charge in [0.15, 0.2) is 0 Å². The summed E-state index contributed by atoms with van der Waals surface area (Å²) in [6.45, 7) is 1.83. The van der Waals surface area contributed by atoms with Crippen molar-refractivity contribution in [3.8, 4) is 22.1 Å². The fourth-order valence-electron chi connectivity index (χ4n) is 2.40. The summed E-state index contributed by atoms with van der Waals surface area (Å²) in [6.07, 6.45) is 0. The van der Waals surface area contributed by atoms with E-state index in [1.165, 1.54) is 11.3 Å². The Balaban J connectivity index is 1.88. The zero-order valence-electron chi connectivity index (χ0n) is 14.2. The number of hydrogen-bond donors (Lipinski definition) is 1. The van der Waals surface area contributed by atoms with Gasteiger partial charge in [-0.15, -0.1) is 11.3 Å². The third kappa shape index (κ3) is 3.64. The highest BCUT2D eigenvalue weighted by Gasteiger charge is 2.18. The molecule has 0 spiro atoms. The van der Waals surface area contributed by atoms with Gasteiger partial charge in [-0.1, -0.05) is 30.3 Å². The van der Waals surface area contributed by atoms with Gasteiger partial charge in [-0.2, -0.15) is 0 Å². The van der Waals surface area contributed by atoms with Gasteiger partial charge in [0.05, 0.1) is 25.6 Å². The van der Waals surface area contributed by atoms with E-state index in [9.17, 15) is 4.79 Å². The van der Waals surface area contributed by atoms with Crippen molar-refractivity contribution in [2.45, 2.75) is 6.92 Å². The molecule has 25 heavy (non-hydrogen) atoms. The van der Waals surface area contributed by atoms with Gasteiger partial charge < -0.3 is 14.8 Å². The first-order valence-corrected chi connectivity index (χ1v) is 8.50. The van der Waals surface area contributed by atoms with Gasteiger partial charge in [0.2, 0.25) is 0 Å². The van der Waals surface area contributed by atoms with E-state index in [1.54, 1.807) is 32.4 Å². The summed E-state index contributed by atoms with van der Waals surface area (Å²) in [7, 11) is 3.13. The highest BCUT2D eigenvalue weighted by Crippen LogP contribution is 2.32. The molecule has 0 atom stereocenters. The van der Waals surface area contributed by atoms with Gasteiger partial charge in [-0.05, 0) is 19.1 Å². The van der Waals surface area contributed by atoms with Crippen LogP contribution in [0.2, 0.25) is 0 Å². The number of hydrogen-bond acceptors (Lipinski definition) is 5. The molecule has 0 aliphatic heterocycles. The van der Waals surface area contributed by atoms with Gasteiger partial charge in [0.1, 0.15) is 21.4 Å². The van der Waals surface area contributed by atoms with Gasteiger partial charge >= 0.3 is 0 Å². The minimum absolute atomic E-state index is 0.219. The molecule has 0 saturated carbocycles. The molecule has 1 N–H and O–H groups in total. The monoisotopic (exact) mass is 354 g/mol. The smallest absolute Gasteiger partial charge is 0.267 e. The van der Waals surface area contributed by atoms with Gasteiger partial charge in [0, 0.05) is 11.6 Å². The van der Waals surface area contributed by atoms with E-state index in [2.05, 4.69) is 10.3 Å². The van der Waals surface area contributed by atoms with Crippen LogP contribution in [0.25, 0.3) is 10.6 Å². The Morgan fingerprint density at radius 1 is 1.08 bits per heavy atom. The normalized spacial score (nSPS) is 10.4. The molecule has 0 aliphatic rings. The number of carbonyl (C=O) groups is 1. The van der Waals surface area contributed by atoms with E-state index >= 15 is 0 Å². The maximum absolute atomic E-state index is 12.7. The van der Waals surface area contributed by atoms with Gasteiger partial charge in [-0.25, -0.2) is 4.98 Å². The molecule has 0 unspecified atom stereocenters. The lowest BCUT2D eigenvalue weighted by Crippen LogP contribution is -2.12. The van der Waals surface area contributed by atoms with Crippen LogP contribution in [0.3, 0.4) is 0 Å². The third-order valence-corrected chi connectivity index (χ3v) is 4.88. The predicted molar refractivity (Wildman–Crippen MR) is 99.8 cm³/mol. The van der Waals surface area contributed by atoms with Crippen molar-refractivity contribution in [3.63, 3.8) is 0 Å². The van der Waals surface area contributed by atoms with E-state index in [-0.39, 0.29) is 5.91 Å². The van der Waals surface area contributed by atoms with Crippen LogP contribution in [0.4, 0.5) is 5.69 Å². The number of benzene rings is 2. The molecule has 5 nitrogen and oxygen atoms in total. The fourth-order valence-corrected chi connectivity index (χ4v) is 3.37. The maximum Gasteiger partial charge on any atom is 0.267 e. The largest absolute Gasteiger partial charge is 0.497 e. The van der Waals surface area contributed by atoms with Crippen LogP contribution in [0.5, 0.6) is 11.5 Å². The summed E-state index contributed by atoms with van der Waals surface area (Å²) >= 11 is 1.37. The molecule has 6 heteroatoms. The van der Waals surface area contributed by atoms with Crippen LogP contribution in [0.1, 0.15) is 15.4 Å². The zero-order chi connectivity index (χ0) is 17.8. The second-order valence-corrected chi connectivity index (χ2v) is 6.32. The number of rotatable bonds is 5. The van der Waals surface area contributed by atoms with Crippen LogP contribution < -0.4 is 14.8 Å². The summed E-state index contributed by atoms with van der Waals surface area (Å²) in [5, 5.41) is 3.70. The quantitative estimate of drug-likeness (QED) is 0.738. The Hall–Kier alpha value is -2.86. The topological polar surface area (TPSA) is 60.5 Å². The molecule has 0 radical (unpaired) electrons. The highest BCUT2D eigenvalue weighted by molar-refractivity contribution is 7.17. The average Bonchev–Trinajstić information content (AvgIpc) is 3.04. The number of carbonyl (C=O) groups excluding carboxylic acids is 1. The van der Waals surface area contributed by atoms with Crippen molar-refractivity contribution in [2.75, 3.05) is 19.5 Å². The van der Waals surface area contributed by atoms with Crippen molar-refractivity contribution in [1.82, 2.24) is 4.98 Å². The summed E-state index contributed by atoms with van der Waals surface area (Å²) in [5.74, 6) is 0.991. The van der Waals surface area contributed by atoms with Crippen LogP contribution >= 0.6 is 11.3 Å². The van der Waals surface area contributed by atoms with Crippen LogP contribution in [0, 0.1) is 6.92 Å². The Morgan fingerprint density at radius 2 is 1.84 bits per heavy atom. The molecular formula is C19H18N2O3S. The van der Waals surface area contributed by atoms with Crippen molar-refractivity contribution in [1.29, 1.82) is 0 Å². The van der Waals surface area contributed by atoms with Crippen LogP contribution in [-0.4, -0.2) is 25.1 Å². The average molecular weight is 354 g/mol. The Labute approximate surface area is 150 Å². The molecule has 0 saturated heterocycles. The first-order chi connectivity index (χ1) is 12.1. The lowest BCUT2D eigenvalue weighted by atomic mass is 10.2. The number of ether oxygens (including phenoxy) is 2. The molecule has 3 rings (SSSR count). The van der Waals surface area contributed by atoms with E-state index in [4.69, 9.17) is 9.47 Å². The number of nitrogens with one attached hydrogen (secondary N) is 1. The SMILES string of the molecule is COc1ccc(OC)c(NC(=O)c2sc(-c3ccccc3)nc2C)c1. The van der Waals surface area contributed by atoms with E-state index in [0.717, 1.165) is 10.6 Å². The standard InChI is InChI=1S/C19H18N2O3S/c1-12-17(25-19(20-12)13-7-5-4-6-8-13)18(22)21-15-11-14(23-2)9-10-16(15)24-3/h4-11H,1-3H3,(H,21,22). The van der Waals surface area contributed by atoms with E-state index in [1.807, 2.05) is 37.3 Å². The molecule has 0 fully saturated rings. The van der Waals surface area contributed by atoms with Crippen molar-refractivity contribution < 1.29 is 14.3 Å². The number of aryl methyl sites for hydroxylation is 1. The number of methoxy groups -OCH3 is 2. The second kappa shape index (κ2) is 7.36. The van der Waals surface area contributed by atoms with Gasteiger partial charge in [0.25, 0.3) is 5.91 Å².